The molecular formula is C94H56N6. The molecule has 4 heterocycles. The van der Waals surface area contributed by atoms with Gasteiger partial charge in [-0.2, -0.15) is 10.5 Å². The van der Waals surface area contributed by atoms with Crippen molar-refractivity contribution >= 4 is 87.2 Å². The Labute approximate surface area is 575 Å². The van der Waals surface area contributed by atoms with Crippen LogP contribution in [0.2, 0.25) is 0 Å². The molecule has 0 fully saturated rings. The van der Waals surface area contributed by atoms with Crippen LogP contribution >= 0.6 is 0 Å². The molecule has 0 atom stereocenters. The number of para-hydroxylation sites is 6. The molecule has 6 heteroatoms. The lowest BCUT2D eigenvalue weighted by atomic mass is 9.67. The first-order valence-corrected chi connectivity index (χ1v) is 34.2. The third-order valence-corrected chi connectivity index (χ3v) is 22.2. The molecule has 462 valence electrons. The van der Waals surface area contributed by atoms with Crippen molar-refractivity contribution in [2.75, 3.05) is 0 Å². The summed E-state index contributed by atoms with van der Waals surface area (Å²) < 4.78 is 9.39. The van der Waals surface area contributed by atoms with Crippen LogP contribution in [0.25, 0.3) is 132 Å². The summed E-state index contributed by atoms with van der Waals surface area (Å²) in [4.78, 5) is 0. The Morgan fingerprint density at radius 2 is 0.450 bits per heavy atom. The standard InChI is InChI=1S/C94H56N6/c95-57-75-89(97-81-47-23-15-39-65(81)66-40-16-24-48-82(66)97)76(58-96)91(100-86-52-28-20-44-70(86)74-54-80-72(56-88(74)100)64-38-14-22-46-78(64)94(80,61-33-9-3-10-34-61)62-35-11-4-12-36-62)92(98-83-49-25-17-41-67(83)68-42-18-26-50-84(68)98)90(75)99-85-51-27-19-43-69(85)73-53-79-71(55-87(73)99)63-37-13-21-45-77(63)93(79,59-29-5-1-6-30-59)60-31-7-2-8-32-60/h1-56H. The lowest BCUT2D eigenvalue weighted by Crippen LogP contribution is -2.28. The van der Waals surface area contributed by atoms with Gasteiger partial charge in [-0.25, -0.2) is 0 Å². The Hall–Kier alpha value is -13.5. The molecule has 0 unspecified atom stereocenters. The maximum atomic E-state index is 13.2. The lowest BCUT2D eigenvalue weighted by molar-refractivity contribution is 0.769. The van der Waals surface area contributed by atoms with Crippen molar-refractivity contribution in [1.82, 2.24) is 18.3 Å². The van der Waals surface area contributed by atoms with E-state index in [1.54, 1.807) is 0 Å². The molecule has 100 heavy (non-hydrogen) atoms. The summed E-state index contributed by atoms with van der Waals surface area (Å²) >= 11 is 0. The van der Waals surface area contributed by atoms with Crippen molar-refractivity contribution in [3.05, 3.63) is 395 Å². The number of hydrogen-bond donors (Lipinski definition) is 0. The van der Waals surface area contributed by atoms with Gasteiger partial charge in [0.1, 0.15) is 23.3 Å². The fourth-order valence-corrected chi connectivity index (χ4v) is 18.4. The molecule has 0 radical (unpaired) electrons. The molecule has 4 aromatic heterocycles. The Balaban J connectivity index is 1.01. The largest absolute Gasteiger partial charge is 0.306 e. The average molecular weight is 1270 g/mol. The van der Waals surface area contributed by atoms with E-state index in [2.05, 4.69) is 370 Å². The van der Waals surface area contributed by atoms with Gasteiger partial charge in [-0.05, 0) is 127 Å². The van der Waals surface area contributed by atoms with Crippen LogP contribution in [0, 0.1) is 22.7 Å². The van der Waals surface area contributed by atoms with Crippen molar-refractivity contribution in [2.45, 2.75) is 10.8 Å². The van der Waals surface area contributed by atoms with E-state index in [1.807, 2.05) is 0 Å². The highest BCUT2D eigenvalue weighted by atomic mass is 15.1. The van der Waals surface area contributed by atoms with Crippen LogP contribution in [0.15, 0.2) is 340 Å². The smallest absolute Gasteiger partial charge is 0.104 e. The molecule has 2 aliphatic rings. The zero-order valence-corrected chi connectivity index (χ0v) is 54.0. The van der Waals surface area contributed by atoms with Crippen LogP contribution in [0.5, 0.6) is 0 Å². The summed E-state index contributed by atoms with van der Waals surface area (Å²) in [7, 11) is 0. The predicted octanol–water partition coefficient (Wildman–Crippen LogP) is 22.5. The Morgan fingerprint density at radius 3 is 0.760 bits per heavy atom. The average Bonchev–Trinajstić information content (AvgIpc) is 1.51. The maximum Gasteiger partial charge on any atom is 0.104 e. The Kier molecular flexibility index (Phi) is 11.7. The molecule has 0 spiro atoms. The molecule has 0 amide bonds. The van der Waals surface area contributed by atoms with Crippen molar-refractivity contribution < 1.29 is 0 Å². The number of nitrogens with zero attached hydrogens (tertiary/aromatic N) is 6. The van der Waals surface area contributed by atoms with Crippen molar-refractivity contribution in [2.24, 2.45) is 0 Å². The van der Waals surface area contributed by atoms with E-state index < -0.39 is 10.8 Å². The molecule has 0 saturated carbocycles. The first-order valence-electron chi connectivity index (χ1n) is 34.2. The van der Waals surface area contributed by atoms with Crippen LogP contribution in [0.4, 0.5) is 0 Å². The quantitative estimate of drug-likeness (QED) is 0.152. The van der Waals surface area contributed by atoms with Gasteiger partial charge in [-0.1, -0.05) is 279 Å². The SMILES string of the molecule is N#Cc1c(-n2c3ccccc3c3ccccc32)c(C#N)c(-n2c3ccccc3c3cc4c(cc32)-c2ccccc2C4(c2ccccc2)c2ccccc2)c(-n2c3ccccc3c3ccccc32)c1-n1c2ccccc2c2cc3c(cc21)-c1ccccc1C3(c1ccccc1)c1ccccc1. The summed E-state index contributed by atoms with van der Waals surface area (Å²) in [6, 6.07) is 129. The highest BCUT2D eigenvalue weighted by Crippen LogP contribution is 2.61. The molecule has 19 aromatic rings. The number of hydrogen-bond acceptors (Lipinski definition) is 2. The Morgan fingerprint density at radius 1 is 0.200 bits per heavy atom. The molecule has 2 aliphatic carbocycles. The topological polar surface area (TPSA) is 67.3 Å². The molecule has 0 bridgehead atoms. The summed E-state index contributed by atoms with van der Waals surface area (Å²) in [5.74, 6) is 0. The number of fused-ring (bicyclic) bond motifs is 18. The van der Waals surface area contributed by atoms with Gasteiger partial charge in [-0.3, -0.25) is 0 Å². The second kappa shape index (κ2) is 21.0. The first kappa shape index (κ1) is 55.7. The second-order valence-corrected chi connectivity index (χ2v) is 26.7. The third-order valence-electron chi connectivity index (χ3n) is 22.2. The van der Waals surface area contributed by atoms with Gasteiger partial charge in [-0.15, -0.1) is 0 Å². The molecular weight excluding hydrogens is 1210 g/mol. The normalized spacial score (nSPS) is 13.3. The number of rotatable bonds is 8. The molecule has 0 N–H and O–H groups in total. The maximum absolute atomic E-state index is 13.2. The molecule has 15 aromatic carbocycles. The van der Waals surface area contributed by atoms with Crippen LogP contribution in [-0.2, 0) is 10.8 Å². The fraction of sp³-hybridized carbons (Fsp3) is 0.0213. The van der Waals surface area contributed by atoms with E-state index in [9.17, 15) is 10.5 Å². The predicted molar refractivity (Wildman–Crippen MR) is 408 cm³/mol. The van der Waals surface area contributed by atoms with E-state index >= 15 is 0 Å². The summed E-state index contributed by atoms with van der Waals surface area (Å²) in [5, 5.41) is 34.6. The van der Waals surface area contributed by atoms with Gasteiger partial charge in [0.2, 0.25) is 0 Å². The van der Waals surface area contributed by atoms with E-state index in [4.69, 9.17) is 0 Å². The van der Waals surface area contributed by atoms with Crippen LogP contribution in [-0.4, -0.2) is 18.3 Å². The molecule has 0 saturated heterocycles. The van der Waals surface area contributed by atoms with Crippen LogP contribution < -0.4 is 0 Å². The minimum Gasteiger partial charge on any atom is -0.306 e. The van der Waals surface area contributed by atoms with Gasteiger partial charge < -0.3 is 18.3 Å². The van der Waals surface area contributed by atoms with Crippen LogP contribution in [0.1, 0.15) is 55.6 Å². The zero-order chi connectivity index (χ0) is 66.0. The van der Waals surface area contributed by atoms with Gasteiger partial charge in [0.05, 0.1) is 77.7 Å². The highest BCUT2D eigenvalue weighted by Gasteiger charge is 2.49. The van der Waals surface area contributed by atoms with Gasteiger partial charge in [0.15, 0.2) is 0 Å². The summed E-state index contributed by atoms with van der Waals surface area (Å²) in [6.45, 7) is 0. The number of aromatic nitrogens is 4. The monoisotopic (exact) mass is 1270 g/mol. The van der Waals surface area contributed by atoms with Crippen molar-refractivity contribution in [3.63, 3.8) is 0 Å². The highest BCUT2D eigenvalue weighted by molar-refractivity contribution is 6.18. The molecule has 21 rings (SSSR count). The van der Waals surface area contributed by atoms with E-state index in [0.717, 1.165) is 109 Å². The zero-order valence-electron chi connectivity index (χ0n) is 54.0. The van der Waals surface area contributed by atoms with Gasteiger partial charge in [0, 0.05) is 43.1 Å². The second-order valence-electron chi connectivity index (χ2n) is 26.7. The summed E-state index contributed by atoms with van der Waals surface area (Å²) in [5.41, 5.74) is 23.0. The number of benzene rings is 15. The van der Waals surface area contributed by atoms with Gasteiger partial charge >= 0.3 is 0 Å². The van der Waals surface area contributed by atoms with Crippen LogP contribution in [0.3, 0.4) is 0 Å². The molecule has 0 aliphatic heterocycles. The minimum absolute atomic E-state index is 0.348. The molecule has 6 nitrogen and oxygen atoms in total. The van der Waals surface area contributed by atoms with Crippen molar-refractivity contribution in [3.8, 4) is 57.1 Å². The third kappa shape index (κ3) is 7.17. The first-order chi connectivity index (χ1) is 49.6. The minimum atomic E-state index is -0.692. The van der Waals surface area contributed by atoms with Crippen molar-refractivity contribution in [1.29, 1.82) is 10.5 Å². The van der Waals surface area contributed by atoms with Gasteiger partial charge in [0.25, 0.3) is 0 Å². The number of nitriles is 2. The summed E-state index contributed by atoms with van der Waals surface area (Å²) in [6.07, 6.45) is 0. The Bertz CT molecular complexity index is 6310. The fourth-order valence-electron chi connectivity index (χ4n) is 18.4. The lowest BCUT2D eigenvalue weighted by Gasteiger charge is -2.34. The van der Waals surface area contributed by atoms with E-state index in [-0.39, 0.29) is 0 Å². The van der Waals surface area contributed by atoms with E-state index in [0.29, 0.717) is 33.9 Å². The van der Waals surface area contributed by atoms with E-state index in [1.165, 1.54) is 44.5 Å².